The fourth-order valence-corrected chi connectivity index (χ4v) is 2.78. The van der Waals surface area contributed by atoms with E-state index in [-0.39, 0.29) is 11.9 Å². The van der Waals surface area contributed by atoms with E-state index in [4.69, 9.17) is 4.74 Å². The van der Waals surface area contributed by atoms with Crippen molar-refractivity contribution in [1.29, 1.82) is 0 Å². The molecule has 94 valence electrons. The van der Waals surface area contributed by atoms with Gasteiger partial charge in [-0.1, -0.05) is 0 Å². The van der Waals surface area contributed by atoms with Gasteiger partial charge in [0.25, 0.3) is 0 Å². The fourth-order valence-electron chi connectivity index (χ4n) is 2.13. The second kappa shape index (κ2) is 4.33. The van der Waals surface area contributed by atoms with E-state index < -0.39 is 6.10 Å². The number of fused-ring (bicyclic) bond motifs is 1. The van der Waals surface area contributed by atoms with Crippen LogP contribution < -0.4 is 4.74 Å². The van der Waals surface area contributed by atoms with E-state index in [1.807, 2.05) is 12.3 Å². The second-order valence-corrected chi connectivity index (χ2v) is 5.39. The number of aliphatic hydroxyl groups is 1. The largest absolute Gasteiger partial charge is 0.484 e. The van der Waals surface area contributed by atoms with Crippen LogP contribution in [0.1, 0.15) is 34.9 Å². The van der Waals surface area contributed by atoms with Crippen LogP contribution in [-0.2, 0) is 0 Å². The maximum atomic E-state index is 13.1. The zero-order valence-electron chi connectivity index (χ0n) is 9.76. The van der Waals surface area contributed by atoms with E-state index in [9.17, 15) is 9.50 Å². The highest BCUT2D eigenvalue weighted by Gasteiger charge is 2.29. The molecule has 5 heteroatoms. The Labute approximate surface area is 108 Å². The lowest BCUT2D eigenvalue weighted by atomic mass is 9.98. The summed E-state index contributed by atoms with van der Waals surface area (Å²) in [5.74, 6) is 0.171. The number of aliphatic hydroxyl groups excluding tert-OH is 1. The van der Waals surface area contributed by atoms with Crippen molar-refractivity contribution in [2.45, 2.75) is 25.6 Å². The van der Waals surface area contributed by atoms with Crippen molar-refractivity contribution in [3.63, 3.8) is 0 Å². The first-order valence-electron chi connectivity index (χ1n) is 5.69. The number of benzene rings is 1. The first-order valence-corrected chi connectivity index (χ1v) is 6.57. The zero-order valence-corrected chi connectivity index (χ0v) is 10.6. The predicted molar refractivity (Wildman–Crippen MR) is 66.2 cm³/mol. The number of nitrogens with zero attached hydrogens (tertiary/aromatic N) is 1. The highest BCUT2D eigenvalue weighted by atomic mass is 32.1. The highest BCUT2D eigenvalue weighted by molar-refractivity contribution is 7.09. The van der Waals surface area contributed by atoms with Crippen molar-refractivity contribution in [1.82, 2.24) is 4.98 Å². The van der Waals surface area contributed by atoms with Gasteiger partial charge in [0.2, 0.25) is 0 Å². The van der Waals surface area contributed by atoms with Gasteiger partial charge in [-0.2, -0.15) is 0 Å². The third kappa shape index (κ3) is 2.00. The molecule has 2 heterocycles. The number of halogens is 1. The number of aryl methyl sites for hydroxylation is 1. The molecular formula is C13H12FNO2S. The third-order valence-electron chi connectivity index (χ3n) is 3.00. The molecule has 0 amide bonds. The summed E-state index contributed by atoms with van der Waals surface area (Å²) in [6.07, 6.45) is -0.570. The second-order valence-electron chi connectivity index (χ2n) is 4.33. The number of hydrogen-bond acceptors (Lipinski definition) is 4. The number of aromatic nitrogens is 1. The summed E-state index contributed by atoms with van der Waals surface area (Å²) in [6, 6.07) is 4.21. The maximum absolute atomic E-state index is 13.1. The van der Waals surface area contributed by atoms with E-state index in [0.717, 1.165) is 10.7 Å². The Balaban J connectivity index is 1.94. The van der Waals surface area contributed by atoms with Gasteiger partial charge in [0.05, 0.1) is 16.8 Å². The minimum absolute atomic E-state index is 0.261. The summed E-state index contributed by atoms with van der Waals surface area (Å²) in [4.78, 5) is 4.37. The number of ether oxygens (including phenoxy) is 1. The maximum Gasteiger partial charge on any atom is 0.144 e. The van der Waals surface area contributed by atoms with E-state index in [2.05, 4.69) is 4.98 Å². The van der Waals surface area contributed by atoms with E-state index >= 15 is 0 Å². The Kier molecular flexibility index (Phi) is 2.80. The standard InChI is InChI=1S/C13H12FNO2S/c1-7-15-10(6-18-7)13-5-11(16)9-4-8(14)2-3-12(9)17-13/h2-4,6,11,13,16H,5H2,1H3. The third-order valence-corrected chi connectivity index (χ3v) is 3.80. The molecule has 0 saturated heterocycles. The van der Waals surface area contributed by atoms with Crippen LogP contribution in [-0.4, -0.2) is 10.1 Å². The molecule has 0 fully saturated rings. The van der Waals surface area contributed by atoms with Crippen molar-refractivity contribution in [3.8, 4) is 5.75 Å². The average molecular weight is 265 g/mol. The van der Waals surface area contributed by atoms with Crippen LogP contribution in [0.3, 0.4) is 0 Å². The summed E-state index contributed by atoms with van der Waals surface area (Å²) in [5, 5.41) is 13.0. The van der Waals surface area contributed by atoms with Crippen molar-refractivity contribution < 1.29 is 14.2 Å². The first kappa shape index (κ1) is 11.6. The van der Waals surface area contributed by atoms with Crippen LogP contribution in [0.2, 0.25) is 0 Å². The van der Waals surface area contributed by atoms with Gasteiger partial charge in [0.1, 0.15) is 17.7 Å². The quantitative estimate of drug-likeness (QED) is 0.861. The van der Waals surface area contributed by atoms with Crippen molar-refractivity contribution in [2.24, 2.45) is 0 Å². The molecule has 0 saturated carbocycles. The van der Waals surface area contributed by atoms with Gasteiger partial charge in [-0.3, -0.25) is 0 Å². The number of thiazole rings is 1. The fraction of sp³-hybridized carbons (Fsp3) is 0.308. The topological polar surface area (TPSA) is 42.4 Å². The number of hydrogen-bond donors (Lipinski definition) is 1. The molecule has 2 unspecified atom stereocenters. The summed E-state index contributed by atoms with van der Waals surface area (Å²) < 4.78 is 18.9. The molecule has 1 aromatic carbocycles. The van der Waals surface area contributed by atoms with Crippen molar-refractivity contribution in [2.75, 3.05) is 0 Å². The lowest BCUT2D eigenvalue weighted by Crippen LogP contribution is -2.19. The van der Waals surface area contributed by atoms with Gasteiger partial charge in [-0.25, -0.2) is 9.37 Å². The van der Waals surface area contributed by atoms with Crippen LogP contribution >= 0.6 is 11.3 Å². The Morgan fingerprint density at radius 1 is 1.50 bits per heavy atom. The average Bonchev–Trinajstić information content (AvgIpc) is 2.77. The summed E-state index contributed by atoms with van der Waals surface area (Å²) in [7, 11) is 0. The van der Waals surface area contributed by atoms with Gasteiger partial charge >= 0.3 is 0 Å². The molecule has 2 atom stereocenters. The minimum Gasteiger partial charge on any atom is -0.484 e. The van der Waals surface area contributed by atoms with E-state index in [1.54, 1.807) is 17.4 Å². The van der Waals surface area contributed by atoms with Gasteiger partial charge in [0, 0.05) is 17.4 Å². The van der Waals surface area contributed by atoms with E-state index in [0.29, 0.717) is 17.7 Å². The van der Waals surface area contributed by atoms with E-state index in [1.165, 1.54) is 12.1 Å². The molecule has 2 aromatic rings. The van der Waals surface area contributed by atoms with Crippen LogP contribution in [0.15, 0.2) is 23.6 Å². The molecular weight excluding hydrogens is 253 g/mol. The van der Waals surface area contributed by atoms with Crippen molar-refractivity contribution in [3.05, 3.63) is 45.7 Å². The summed E-state index contributed by atoms with van der Waals surface area (Å²) >= 11 is 1.55. The molecule has 0 spiro atoms. The molecule has 1 aliphatic rings. The Bertz CT molecular complexity index is 584. The smallest absolute Gasteiger partial charge is 0.144 e. The molecule has 18 heavy (non-hydrogen) atoms. The SMILES string of the molecule is Cc1nc(C2CC(O)c3cc(F)ccc3O2)cs1. The molecule has 1 N–H and O–H groups in total. The normalized spacial score (nSPS) is 22.4. The Morgan fingerprint density at radius 2 is 2.33 bits per heavy atom. The molecule has 1 aliphatic heterocycles. The predicted octanol–water partition coefficient (Wildman–Crippen LogP) is 3.15. The van der Waals surface area contributed by atoms with Gasteiger partial charge in [-0.15, -0.1) is 11.3 Å². The monoisotopic (exact) mass is 265 g/mol. The number of rotatable bonds is 1. The summed E-state index contributed by atoms with van der Waals surface area (Å²) in [6.45, 7) is 1.93. The van der Waals surface area contributed by atoms with Gasteiger partial charge in [-0.05, 0) is 25.1 Å². The van der Waals surface area contributed by atoms with Crippen LogP contribution in [0.5, 0.6) is 5.75 Å². The molecule has 3 nitrogen and oxygen atoms in total. The molecule has 0 bridgehead atoms. The van der Waals surface area contributed by atoms with Crippen LogP contribution in [0, 0.1) is 12.7 Å². The van der Waals surface area contributed by atoms with Gasteiger partial charge < -0.3 is 9.84 Å². The Hall–Kier alpha value is -1.46. The summed E-state index contributed by atoms with van der Waals surface area (Å²) in [5.41, 5.74) is 1.34. The minimum atomic E-state index is -0.712. The molecule has 0 aliphatic carbocycles. The molecule has 1 aromatic heterocycles. The van der Waals surface area contributed by atoms with Crippen molar-refractivity contribution >= 4 is 11.3 Å². The van der Waals surface area contributed by atoms with Crippen LogP contribution in [0.4, 0.5) is 4.39 Å². The zero-order chi connectivity index (χ0) is 12.7. The first-order chi connectivity index (χ1) is 8.63. The molecule has 0 radical (unpaired) electrons. The lowest BCUT2D eigenvalue weighted by molar-refractivity contribution is 0.0635. The Morgan fingerprint density at radius 3 is 3.06 bits per heavy atom. The van der Waals surface area contributed by atoms with Gasteiger partial charge in [0.15, 0.2) is 0 Å². The molecule has 3 rings (SSSR count). The van der Waals surface area contributed by atoms with Crippen LogP contribution in [0.25, 0.3) is 0 Å². The lowest BCUT2D eigenvalue weighted by Gasteiger charge is -2.28. The highest BCUT2D eigenvalue weighted by Crippen LogP contribution is 2.40.